The second-order valence-electron chi connectivity index (χ2n) is 7.80. The van der Waals surface area contributed by atoms with Gasteiger partial charge < -0.3 is 14.4 Å². The van der Waals surface area contributed by atoms with E-state index in [-0.39, 0.29) is 42.5 Å². The molecule has 0 N–H and O–H groups in total. The van der Waals surface area contributed by atoms with Gasteiger partial charge in [-0.25, -0.2) is 0 Å². The van der Waals surface area contributed by atoms with Crippen molar-refractivity contribution in [1.82, 2.24) is 9.80 Å². The van der Waals surface area contributed by atoms with Crippen LogP contribution in [0.4, 0.5) is 0 Å². The standard InChI is InChI=1S/C21H26N2O5/c1-22(13-14-6-7-17-18(12-14)28-11-10-27-17)19(24)8-9-23-20(25)15-4-2-3-5-16(15)21(23)26/h6-7,12,15-16H,2-5,8-11,13H2,1H3/t15-,16-/m1/s1. The number of fused-ring (bicyclic) bond motifs is 2. The van der Waals surface area contributed by atoms with Crippen molar-refractivity contribution in [3.8, 4) is 11.5 Å². The van der Waals surface area contributed by atoms with Gasteiger partial charge in [-0.05, 0) is 30.5 Å². The topological polar surface area (TPSA) is 76.2 Å². The molecule has 28 heavy (non-hydrogen) atoms. The molecule has 0 unspecified atom stereocenters. The number of amides is 3. The number of imide groups is 1. The zero-order chi connectivity index (χ0) is 19.7. The summed E-state index contributed by atoms with van der Waals surface area (Å²) in [5, 5.41) is 0. The van der Waals surface area contributed by atoms with Crippen LogP contribution < -0.4 is 9.47 Å². The van der Waals surface area contributed by atoms with E-state index >= 15 is 0 Å². The van der Waals surface area contributed by atoms with Gasteiger partial charge in [-0.2, -0.15) is 0 Å². The lowest BCUT2D eigenvalue weighted by molar-refractivity contribution is -0.140. The van der Waals surface area contributed by atoms with E-state index in [4.69, 9.17) is 9.47 Å². The van der Waals surface area contributed by atoms with E-state index in [1.807, 2.05) is 18.2 Å². The van der Waals surface area contributed by atoms with Crippen LogP contribution in [0.5, 0.6) is 11.5 Å². The van der Waals surface area contributed by atoms with Crippen LogP contribution in [-0.4, -0.2) is 54.3 Å². The van der Waals surface area contributed by atoms with Crippen molar-refractivity contribution in [3.63, 3.8) is 0 Å². The van der Waals surface area contributed by atoms with Crippen LogP contribution in [0.1, 0.15) is 37.7 Å². The highest BCUT2D eigenvalue weighted by molar-refractivity contribution is 6.05. The summed E-state index contributed by atoms with van der Waals surface area (Å²) in [5.74, 6) is 0.829. The lowest BCUT2D eigenvalue weighted by Crippen LogP contribution is -2.36. The maximum Gasteiger partial charge on any atom is 0.233 e. The van der Waals surface area contributed by atoms with E-state index < -0.39 is 0 Å². The third kappa shape index (κ3) is 3.57. The zero-order valence-electron chi connectivity index (χ0n) is 16.2. The summed E-state index contributed by atoms with van der Waals surface area (Å²) in [7, 11) is 1.73. The third-order valence-electron chi connectivity index (χ3n) is 5.93. The second kappa shape index (κ2) is 7.81. The van der Waals surface area contributed by atoms with Crippen LogP contribution in [0.25, 0.3) is 0 Å². The Morgan fingerprint density at radius 1 is 1.07 bits per heavy atom. The summed E-state index contributed by atoms with van der Waals surface area (Å²) in [6.45, 7) is 1.67. The molecule has 1 aromatic rings. The highest BCUT2D eigenvalue weighted by Crippen LogP contribution is 2.38. The first-order valence-corrected chi connectivity index (χ1v) is 10.0. The predicted molar refractivity (Wildman–Crippen MR) is 101 cm³/mol. The number of rotatable bonds is 5. The van der Waals surface area contributed by atoms with E-state index in [1.54, 1.807) is 11.9 Å². The van der Waals surface area contributed by atoms with Gasteiger partial charge in [0, 0.05) is 26.6 Å². The van der Waals surface area contributed by atoms with Gasteiger partial charge in [0.2, 0.25) is 17.7 Å². The smallest absolute Gasteiger partial charge is 0.233 e. The summed E-state index contributed by atoms with van der Waals surface area (Å²) in [5.41, 5.74) is 0.944. The van der Waals surface area contributed by atoms with Crippen molar-refractivity contribution >= 4 is 17.7 Å². The fourth-order valence-electron chi connectivity index (χ4n) is 4.40. The maximum atomic E-state index is 12.5. The Balaban J connectivity index is 1.32. The maximum absolute atomic E-state index is 12.5. The molecule has 1 saturated heterocycles. The van der Waals surface area contributed by atoms with Crippen molar-refractivity contribution in [1.29, 1.82) is 0 Å². The molecule has 2 fully saturated rings. The number of ether oxygens (including phenoxy) is 2. The summed E-state index contributed by atoms with van der Waals surface area (Å²) in [4.78, 5) is 40.5. The minimum atomic E-state index is -0.160. The normalized spacial score (nSPS) is 23.5. The summed E-state index contributed by atoms with van der Waals surface area (Å²) < 4.78 is 11.1. The summed E-state index contributed by atoms with van der Waals surface area (Å²) >= 11 is 0. The van der Waals surface area contributed by atoms with E-state index in [1.165, 1.54) is 4.90 Å². The first kappa shape index (κ1) is 18.8. The Kier molecular flexibility index (Phi) is 5.24. The molecule has 3 aliphatic rings. The molecule has 7 nitrogen and oxygen atoms in total. The highest BCUT2D eigenvalue weighted by atomic mass is 16.6. The fourth-order valence-corrected chi connectivity index (χ4v) is 4.40. The minimum absolute atomic E-state index is 0.0861. The van der Waals surface area contributed by atoms with Gasteiger partial charge in [0.25, 0.3) is 0 Å². The number of hydrogen-bond donors (Lipinski definition) is 0. The lowest BCUT2D eigenvalue weighted by Gasteiger charge is -2.22. The van der Waals surface area contributed by atoms with Crippen molar-refractivity contribution in [3.05, 3.63) is 23.8 Å². The molecular weight excluding hydrogens is 360 g/mol. The molecule has 150 valence electrons. The van der Waals surface area contributed by atoms with E-state index in [0.29, 0.717) is 25.5 Å². The van der Waals surface area contributed by atoms with E-state index in [2.05, 4.69) is 0 Å². The monoisotopic (exact) mass is 386 g/mol. The van der Waals surface area contributed by atoms with Crippen LogP contribution in [0, 0.1) is 11.8 Å². The molecule has 0 spiro atoms. The van der Waals surface area contributed by atoms with Crippen molar-refractivity contribution in [2.24, 2.45) is 11.8 Å². The molecule has 0 bridgehead atoms. The average Bonchev–Trinajstić information content (AvgIpc) is 2.96. The number of carbonyl (C=O) groups is 3. The number of benzene rings is 1. The molecular formula is C21H26N2O5. The summed E-state index contributed by atoms with van der Waals surface area (Å²) in [6.07, 6.45) is 3.75. The van der Waals surface area contributed by atoms with Crippen molar-refractivity contribution < 1.29 is 23.9 Å². The Bertz CT molecular complexity index is 769. The van der Waals surface area contributed by atoms with Crippen LogP contribution in [0.2, 0.25) is 0 Å². The SMILES string of the molecule is CN(Cc1ccc2c(c1)OCCO2)C(=O)CCN1C(=O)[C@@H]2CCCC[C@H]2C1=O. The van der Waals surface area contributed by atoms with Crippen LogP contribution in [-0.2, 0) is 20.9 Å². The van der Waals surface area contributed by atoms with Crippen molar-refractivity contribution in [2.45, 2.75) is 38.6 Å². The molecule has 2 atom stereocenters. The molecule has 4 rings (SSSR count). The molecule has 3 amide bonds. The first-order chi connectivity index (χ1) is 13.5. The van der Waals surface area contributed by atoms with Gasteiger partial charge in [0.15, 0.2) is 11.5 Å². The second-order valence-corrected chi connectivity index (χ2v) is 7.80. The largest absolute Gasteiger partial charge is 0.486 e. The average molecular weight is 386 g/mol. The number of carbonyl (C=O) groups excluding carboxylic acids is 3. The predicted octanol–water partition coefficient (Wildman–Crippen LogP) is 1.98. The van der Waals surface area contributed by atoms with E-state index in [9.17, 15) is 14.4 Å². The Morgan fingerprint density at radius 2 is 1.71 bits per heavy atom. The van der Waals surface area contributed by atoms with Gasteiger partial charge in [0.1, 0.15) is 13.2 Å². The molecule has 1 saturated carbocycles. The molecule has 7 heteroatoms. The Labute approximate surface area is 164 Å². The molecule has 2 aliphatic heterocycles. The highest BCUT2D eigenvalue weighted by Gasteiger charge is 2.47. The quantitative estimate of drug-likeness (QED) is 0.724. The lowest BCUT2D eigenvalue weighted by atomic mass is 9.81. The Morgan fingerprint density at radius 3 is 2.39 bits per heavy atom. The molecule has 0 radical (unpaired) electrons. The number of likely N-dealkylation sites (tertiary alicyclic amines) is 1. The Hall–Kier alpha value is -2.57. The molecule has 2 heterocycles. The third-order valence-corrected chi connectivity index (χ3v) is 5.93. The first-order valence-electron chi connectivity index (χ1n) is 10.0. The van der Waals surface area contributed by atoms with Crippen molar-refractivity contribution in [2.75, 3.05) is 26.8 Å². The molecule has 0 aromatic heterocycles. The van der Waals surface area contributed by atoms with Gasteiger partial charge in [0.05, 0.1) is 11.8 Å². The van der Waals surface area contributed by atoms with Gasteiger partial charge in [-0.3, -0.25) is 19.3 Å². The van der Waals surface area contributed by atoms with Gasteiger partial charge in [-0.15, -0.1) is 0 Å². The van der Waals surface area contributed by atoms with Crippen LogP contribution in [0.15, 0.2) is 18.2 Å². The van der Waals surface area contributed by atoms with Gasteiger partial charge >= 0.3 is 0 Å². The summed E-state index contributed by atoms with van der Waals surface area (Å²) in [6, 6.07) is 5.65. The zero-order valence-corrected chi connectivity index (χ0v) is 16.2. The van der Waals surface area contributed by atoms with Gasteiger partial charge in [-0.1, -0.05) is 18.9 Å². The van der Waals surface area contributed by atoms with Crippen LogP contribution in [0.3, 0.4) is 0 Å². The van der Waals surface area contributed by atoms with Crippen LogP contribution >= 0.6 is 0 Å². The molecule has 1 aromatic carbocycles. The number of nitrogens with zero attached hydrogens (tertiary/aromatic N) is 2. The minimum Gasteiger partial charge on any atom is -0.486 e. The number of hydrogen-bond acceptors (Lipinski definition) is 5. The molecule has 1 aliphatic carbocycles. The van der Waals surface area contributed by atoms with E-state index in [0.717, 1.165) is 37.0 Å². The fraction of sp³-hybridized carbons (Fsp3) is 0.571.